The number of hydrogen-bond donors (Lipinski definition) is 1. The second kappa shape index (κ2) is 8.75. The fraction of sp³-hybridized carbons (Fsp3) is 0.278. The molecule has 0 saturated heterocycles. The summed E-state index contributed by atoms with van der Waals surface area (Å²) in [5, 5.41) is 12.6. The Morgan fingerprint density at radius 1 is 1.27 bits per heavy atom. The first-order valence-corrected chi connectivity index (χ1v) is 9.93. The highest BCUT2D eigenvalue weighted by Gasteiger charge is 2.13. The molecule has 0 saturated carbocycles. The monoisotopic (exact) mass is 408 g/mol. The summed E-state index contributed by atoms with van der Waals surface area (Å²) in [6.07, 6.45) is 3.51. The standard InChI is InChI=1S/C18H18Cl2N4OS/c1-12(7-8-13-5-3-2-4-6-13)21-16(25)11-26-18-23-22-17-15(20)9-14(19)10-24(17)18/h2-6,9-10,12H,7-8,11H2,1H3,(H,21,25). The third-order valence-electron chi connectivity index (χ3n) is 3.84. The molecule has 3 rings (SSSR count). The summed E-state index contributed by atoms with van der Waals surface area (Å²) in [5.41, 5.74) is 1.79. The highest BCUT2D eigenvalue weighted by Crippen LogP contribution is 2.25. The zero-order valence-electron chi connectivity index (χ0n) is 14.2. The minimum atomic E-state index is -0.0413. The number of carbonyl (C=O) groups is 1. The van der Waals surface area contributed by atoms with Gasteiger partial charge >= 0.3 is 0 Å². The Bertz CT molecular complexity index is 901. The number of fused-ring (bicyclic) bond motifs is 1. The summed E-state index contributed by atoms with van der Waals surface area (Å²) in [6, 6.07) is 12.0. The van der Waals surface area contributed by atoms with Crippen molar-refractivity contribution in [2.24, 2.45) is 0 Å². The van der Waals surface area contributed by atoms with Gasteiger partial charge in [-0.05, 0) is 31.4 Å². The lowest BCUT2D eigenvalue weighted by Crippen LogP contribution is -2.34. The Labute approximate surface area is 166 Å². The largest absolute Gasteiger partial charge is 0.353 e. The van der Waals surface area contributed by atoms with E-state index in [2.05, 4.69) is 27.6 Å². The highest BCUT2D eigenvalue weighted by molar-refractivity contribution is 7.99. The van der Waals surface area contributed by atoms with Crippen molar-refractivity contribution in [2.45, 2.75) is 31.0 Å². The van der Waals surface area contributed by atoms with Gasteiger partial charge in [0.25, 0.3) is 0 Å². The third-order valence-corrected chi connectivity index (χ3v) is 5.27. The zero-order valence-corrected chi connectivity index (χ0v) is 16.5. The first-order valence-electron chi connectivity index (χ1n) is 8.19. The lowest BCUT2D eigenvalue weighted by molar-refractivity contribution is -0.119. The first kappa shape index (κ1) is 19.0. The minimum Gasteiger partial charge on any atom is -0.353 e. The SMILES string of the molecule is CC(CCc1ccccc1)NC(=O)CSc1nnc2c(Cl)cc(Cl)cn12. The van der Waals surface area contributed by atoms with Crippen LogP contribution in [0.5, 0.6) is 0 Å². The van der Waals surface area contributed by atoms with Gasteiger partial charge in [-0.2, -0.15) is 0 Å². The van der Waals surface area contributed by atoms with Crippen molar-refractivity contribution in [1.29, 1.82) is 0 Å². The van der Waals surface area contributed by atoms with Crippen LogP contribution in [0.3, 0.4) is 0 Å². The molecule has 136 valence electrons. The van der Waals surface area contributed by atoms with Crippen LogP contribution >= 0.6 is 35.0 Å². The van der Waals surface area contributed by atoms with E-state index >= 15 is 0 Å². The Morgan fingerprint density at radius 3 is 2.81 bits per heavy atom. The summed E-state index contributed by atoms with van der Waals surface area (Å²) >= 11 is 13.4. The van der Waals surface area contributed by atoms with Gasteiger partial charge in [0, 0.05) is 12.2 Å². The minimum absolute atomic E-state index is 0.0413. The van der Waals surface area contributed by atoms with Crippen LogP contribution in [0.4, 0.5) is 0 Å². The molecule has 1 N–H and O–H groups in total. The van der Waals surface area contributed by atoms with Crippen molar-refractivity contribution in [3.63, 3.8) is 0 Å². The molecule has 3 aromatic rings. The summed E-state index contributed by atoms with van der Waals surface area (Å²) in [5.74, 6) is 0.209. The molecule has 1 atom stereocenters. The van der Waals surface area contributed by atoms with E-state index in [1.165, 1.54) is 17.3 Å². The van der Waals surface area contributed by atoms with E-state index in [4.69, 9.17) is 23.2 Å². The molecule has 0 aliphatic heterocycles. The number of amides is 1. The molecule has 0 radical (unpaired) electrons. The number of hydrogen-bond acceptors (Lipinski definition) is 4. The molecule has 8 heteroatoms. The third kappa shape index (κ3) is 4.90. The Morgan fingerprint density at radius 2 is 2.04 bits per heavy atom. The summed E-state index contributed by atoms with van der Waals surface area (Å²) in [7, 11) is 0. The van der Waals surface area contributed by atoms with Gasteiger partial charge in [0.05, 0.1) is 15.8 Å². The fourth-order valence-corrected chi connectivity index (χ4v) is 3.78. The van der Waals surface area contributed by atoms with Gasteiger partial charge in [0.2, 0.25) is 5.91 Å². The Balaban J connectivity index is 1.51. The molecule has 1 aromatic carbocycles. The average molecular weight is 409 g/mol. The lowest BCUT2D eigenvalue weighted by atomic mass is 10.1. The molecule has 2 heterocycles. The zero-order chi connectivity index (χ0) is 18.5. The van der Waals surface area contributed by atoms with Crippen LogP contribution in [0.1, 0.15) is 18.9 Å². The van der Waals surface area contributed by atoms with Crippen molar-refractivity contribution in [2.75, 3.05) is 5.75 Å². The van der Waals surface area contributed by atoms with Gasteiger partial charge in [-0.25, -0.2) is 0 Å². The quantitative estimate of drug-likeness (QED) is 0.593. The van der Waals surface area contributed by atoms with Crippen molar-refractivity contribution in [3.8, 4) is 0 Å². The Hall–Kier alpha value is -1.76. The molecule has 1 amide bonds. The van der Waals surface area contributed by atoms with Crippen LogP contribution in [-0.2, 0) is 11.2 Å². The summed E-state index contributed by atoms with van der Waals surface area (Å²) < 4.78 is 1.70. The van der Waals surface area contributed by atoms with E-state index in [-0.39, 0.29) is 17.7 Å². The van der Waals surface area contributed by atoms with Gasteiger partial charge in [0.15, 0.2) is 10.8 Å². The topological polar surface area (TPSA) is 59.3 Å². The van der Waals surface area contributed by atoms with Crippen LogP contribution < -0.4 is 5.32 Å². The number of nitrogens with zero attached hydrogens (tertiary/aromatic N) is 3. The molecule has 1 unspecified atom stereocenters. The number of halogens is 2. The second-order valence-corrected chi connectivity index (χ2v) is 7.75. The maximum absolute atomic E-state index is 12.2. The molecule has 26 heavy (non-hydrogen) atoms. The smallest absolute Gasteiger partial charge is 0.230 e. The van der Waals surface area contributed by atoms with E-state index in [0.29, 0.717) is 20.8 Å². The van der Waals surface area contributed by atoms with Crippen LogP contribution in [-0.4, -0.2) is 32.3 Å². The van der Waals surface area contributed by atoms with Crippen LogP contribution in [0.25, 0.3) is 5.65 Å². The number of nitrogens with one attached hydrogen (secondary N) is 1. The summed E-state index contributed by atoms with van der Waals surface area (Å²) in [4.78, 5) is 12.2. The normalized spacial score (nSPS) is 12.3. The molecule has 0 bridgehead atoms. The van der Waals surface area contributed by atoms with Crippen LogP contribution in [0.2, 0.25) is 10.0 Å². The number of benzene rings is 1. The van der Waals surface area contributed by atoms with Crippen LogP contribution in [0.15, 0.2) is 47.8 Å². The molecular weight excluding hydrogens is 391 g/mol. The molecular formula is C18H18Cl2N4OS. The second-order valence-electron chi connectivity index (χ2n) is 5.96. The fourth-order valence-electron chi connectivity index (χ4n) is 2.55. The van der Waals surface area contributed by atoms with Crippen molar-refractivity contribution in [3.05, 3.63) is 58.2 Å². The average Bonchev–Trinajstić information content (AvgIpc) is 3.02. The van der Waals surface area contributed by atoms with Gasteiger partial charge in [-0.15, -0.1) is 10.2 Å². The van der Waals surface area contributed by atoms with E-state index < -0.39 is 0 Å². The first-order chi connectivity index (χ1) is 12.5. The van der Waals surface area contributed by atoms with Gasteiger partial charge < -0.3 is 5.32 Å². The number of aryl methyl sites for hydroxylation is 1. The number of thioether (sulfide) groups is 1. The molecule has 0 spiro atoms. The molecule has 2 aromatic heterocycles. The highest BCUT2D eigenvalue weighted by atomic mass is 35.5. The van der Waals surface area contributed by atoms with Crippen molar-refractivity contribution < 1.29 is 4.79 Å². The molecule has 0 aliphatic carbocycles. The molecule has 0 fully saturated rings. The number of rotatable bonds is 7. The Kier molecular flexibility index (Phi) is 6.40. The van der Waals surface area contributed by atoms with Crippen LogP contribution in [0, 0.1) is 0 Å². The van der Waals surface area contributed by atoms with Gasteiger partial charge in [-0.3, -0.25) is 9.20 Å². The maximum Gasteiger partial charge on any atom is 0.230 e. The van der Waals surface area contributed by atoms with E-state index in [1.807, 2.05) is 25.1 Å². The van der Waals surface area contributed by atoms with E-state index in [9.17, 15) is 4.79 Å². The van der Waals surface area contributed by atoms with Crippen molar-refractivity contribution >= 4 is 46.5 Å². The van der Waals surface area contributed by atoms with Crippen molar-refractivity contribution in [1.82, 2.24) is 19.9 Å². The number of carbonyl (C=O) groups excluding carboxylic acids is 1. The molecule has 0 aliphatic rings. The van der Waals surface area contributed by atoms with E-state index in [1.54, 1.807) is 16.7 Å². The summed E-state index contributed by atoms with van der Waals surface area (Å²) in [6.45, 7) is 2.01. The number of pyridine rings is 1. The molecule has 5 nitrogen and oxygen atoms in total. The van der Waals surface area contributed by atoms with E-state index in [0.717, 1.165) is 12.8 Å². The predicted octanol–water partition coefficient (Wildman–Crippen LogP) is 4.27. The predicted molar refractivity (Wildman–Crippen MR) is 106 cm³/mol. The van der Waals surface area contributed by atoms with Gasteiger partial charge in [-0.1, -0.05) is 65.3 Å². The number of aromatic nitrogens is 3. The van der Waals surface area contributed by atoms with Gasteiger partial charge in [0.1, 0.15) is 0 Å². The maximum atomic E-state index is 12.2. The lowest BCUT2D eigenvalue weighted by Gasteiger charge is -2.13.